The Bertz CT molecular complexity index is 645. The van der Waals surface area contributed by atoms with Gasteiger partial charge in [-0.1, -0.05) is 46.3 Å². The molecule has 0 saturated carbocycles. The van der Waals surface area contributed by atoms with E-state index in [9.17, 15) is 4.79 Å². The zero-order chi connectivity index (χ0) is 16.1. The number of halogens is 1. The summed E-state index contributed by atoms with van der Waals surface area (Å²) >= 11 is 3.39. The van der Waals surface area contributed by atoms with Gasteiger partial charge in [-0.25, -0.2) is 0 Å². The van der Waals surface area contributed by atoms with Gasteiger partial charge in [-0.2, -0.15) is 0 Å². The monoisotopic (exact) mass is 375 g/mol. The fourth-order valence-electron chi connectivity index (χ4n) is 2.51. The van der Waals surface area contributed by atoms with Gasteiger partial charge in [0.05, 0.1) is 0 Å². The third-order valence-corrected chi connectivity index (χ3v) is 4.24. The molecular weight excluding hydrogens is 358 g/mol. The predicted molar refractivity (Wildman–Crippen MR) is 91.2 cm³/mol. The lowest BCUT2D eigenvalue weighted by molar-refractivity contribution is -0.147. The molecule has 0 spiro atoms. The Morgan fingerprint density at radius 1 is 1.13 bits per heavy atom. The normalized spacial score (nSPS) is 20.2. The molecule has 0 aliphatic carbocycles. The fourth-order valence-corrected chi connectivity index (χ4v) is 2.77. The first-order chi connectivity index (χ1) is 11.2. The van der Waals surface area contributed by atoms with E-state index in [1.165, 1.54) is 0 Å². The second-order valence-corrected chi connectivity index (χ2v) is 6.40. The molecule has 4 nitrogen and oxygen atoms in total. The van der Waals surface area contributed by atoms with Crippen molar-refractivity contribution in [1.82, 2.24) is 5.32 Å². The first kappa shape index (κ1) is 16.0. The van der Waals surface area contributed by atoms with Crippen molar-refractivity contribution in [2.24, 2.45) is 0 Å². The Morgan fingerprint density at radius 2 is 1.87 bits per heavy atom. The van der Waals surface area contributed by atoms with Crippen LogP contribution in [0.4, 0.5) is 0 Å². The molecule has 0 amide bonds. The number of rotatable bonds is 5. The van der Waals surface area contributed by atoms with E-state index in [0.29, 0.717) is 19.6 Å². The molecule has 5 heteroatoms. The summed E-state index contributed by atoms with van der Waals surface area (Å²) in [5, 5.41) is 3.17. The standard InChI is InChI=1S/C18H18BrNO3/c19-14-6-8-15(9-7-14)23-16-10-17(20-11-16)18(21)22-12-13-4-2-1-3-5-13/h1-9,16-17,20H,10-12H2/t16-,17+/m0/s1. The van der Waals surface area contributed by atoms with Crippen LogP contribution in [0.2, 0.25) is 0 Å². The number of benzene rings is 2. The van der Waals surface area contributed by atoms with Crippen molar-refractivity contribution in [3.63, 3.8) is 0 Å². The van der Waals surface area contributed by atoms with Crippen molar-refractivity contribution in [1.29, 1.82) is 0 Å². The average Bonchev–Trinajstić information content (AvgIpc) is 3.04. The van der Waals surface area contributed by atoms with E-state index in [0.717, 1.165) is 15.8 Å². The molecule has 2 aromatic carbocycles. The van der Waals surface area contributed by atoms with Gasteiger partial charge in [-0.05, 0) is 29.8 Å². The largest absolute Gasteiger partial charge is 0.489 e. The Labute approximate surface area is 143 Å². The van der Waals surface area contributed by atoms with Crippen LogP contribution in [-0.4, -0.2) is 24.7 Å². The highest BCUT2D eigenvalue weighted by molar-refractivity contribution is 9.10. The first-order valence-corrected chi connectivity index (χ1v) is 8.36. The molecule has 1 heterocycles. The number of hydrogen-bond donors (Lipinski definition) is 1. The summed E-state index contributed by atoms with van der Waals surface area (Å²) in [4.78, 5) is 12.1. The van der Waals surface area contributed by atoms with E-state index >= 15 is 0 Å². The van der Waals surface area contributed by atoms with Crippen LogP contribution in [0.3, 0.4) is 0 Å². The second-order valence-electron chi connectivity index (χ2n) is 5.48. The molecule has 2 atom stereocenters. The van der Waals surface area contributed by atoms with Gasteiger partial charge in [-0.3, -0.25) is 4.79 Å². The number of nitrogens with one attached hydrogen (secondary N) is 1. The van der Waals surface area contributed by atoms with E-state index in [1.807, 2.05) is 54.6 Å². The molecule has 0 aromatic heterocycles. The minimum absolute atomic E-state index is 0.0227. The summed E-state index contributed by atoms with van der Waals surface area (Å²) in [5.41, 5.74) is 0.988. The third-order valence-electron chi connectivity index (χ3n) is 3.72. The van der Waals surface area contributed by atoms with Gasteiger partial charge in [0.15, 0.2) is 0 Å². The van der Waals surface area contributed by atoms with Crippen LogP contribution in [0.25, 0.3) is 0 Å². The summed E-state index contributed by atoms with van der Waals surface area (Å²) < 4.78 is 12.3. The van der Waals surface area contributed by atoms with Crippen molar-refractivity contribution in [2.75, 3.05) is 6.54 Å². The van der Waals surface area contributed by atoms with Gasteiger partial charge in [0.1, 0.15) is 24.5 Å². The summed E-state index contributed by atoms with van der Waals surface area (Å²) in [7, 11) is 0. The van der Waals surface area contributed by atoms with Crippen LogP contribution in [0.1, 0.15) is 12.0 Å². The van der Waals surface area contributed by atoms with E-state index in [2.05, 4.69) is 21.2 Å². The molecule has 2 aromatic rings. The zero-order valence-electron chi connectivity index (χ0n) is 12.6. The van der Waals surface area contributed by atoms with Gasteiger partial charge in [0.2, 0.25) is 0 Å². The molecule has 1 fully saturated rings. The van der Waals surface area contributed by atoms with Crippen LogP contribution >= 0.6 is 15.9 Å². The van der Waals surface area contributed by atoms with Gasteiger partial charge in [0.25, 0.3) is 0 Å². The Kier molecular flexibility index (Phi) is 5.31. The Balaban J connectivity index is 1.47. The maximum atomic E-state index is 12.1. The van der Waals surface area contributed by atoms with Crippen LogP contribution in [-0.2, 0) is 16.1 Å². The highest BCUT2D eigenvalue weighted by Gasteiger charge is 2.31. The maximum absolute atomic E-state index is 12.1. The minimum Gasteiger partial charge on any atom is -0.489 e. The lowest BCUT2D eigenvalue weighted by atomic mass is 10.2. The summed E-state index contributed by atoms with van der Waals surface area (Å²) in [6.07, 6.45) is 0.592. The summed E-state index contributed by atoms with van der Waals surface area (Å²) in [6, 6.07) is 17.1. The lowest BCUT2D eigenvalue weighted by Gasteiger charge is -2.13. The van der Waals surface area contributed by atoms with Crippen molar-refractivity contribution >= 4 is 21.9 Å². The van der Waals surface area contributed by atoms with E-state index in [1.54, 1.807) is 0 Å². The molecular formula is C18H18BrNO3. The second kappa shape index (κ2) is 7.62. The molecule has 1 saturated heterocycles. The minimum atomic E-state index is -0.306. The van der Waals surface area contributed by atoms with Crippen molar-refractivity contribution in [3.8, 4) is 5.75 Å². The van der Waals surface area contributed by atoms with Crippen molar-refractivity contribution in [3.05, 3.63) is 64.6 Å². The van der Waals surface area contributed by atoms with Crippen LogP contribution in [0.5, 0.6) is 5.75 Å². The highest BCUT2D eigenvalue weighted by Crippen LogP contribution is 2.20. The molecule has 23 heavy (non-hydrogen) atoms. The smallest absolute Gasteiger partial charge is 0.323 e. The molecule has 1 aliphatic heterocycles. The van der Waals surface area contributed by atoms with Gasteiger partial charge in [-0.15, -0.1) is 0 Å². The molecule has 1 N–H and O–H groups in total. The topological polar surface area (TPSA) is 47.6 Å². The number of esters is 1. The summed E-state index contributed by atoms with van der Waals surface area (Å²) in [5.74, 6) is 0.578. The van der Waals surface area contributed by atoms with E-state index < -0.39 is 0 Å². The average molecular weight is 376 g/mol. The number of carbonyl (C=O) groups excluding carboxylic acids is 1. The van der Waals surface area contributed by atoms with E-state index in [4.69, 9.17) is 9.47 Å². The van der Waals surface area contributed by atoms with Crippen LogP contribution in [0, 0.1) is 0 Å². The van der Waals surface area contributed by atoms with Gasteiger partial charge >= 0.3 is 5.97 Å². The van der Waals surface area contributed by atoms with E-state index in [-0.39, 0.29) is 18.1 Å². The van der Waals surface area contributed by atoms with Crippen LogP contribution < -0.4 is 10.1 Å². The predicted octanol–water partition coefficient (Wildman–Crippen LogP) is 3.30. The quantitative estimate of drug-likeness (QED) is 0.814. The summed E-state index contributed by atoms with van der Waals surface area (Å²) in [6.45, 7) is 0.942. The van der Waals surface area contributed by atoms with Gasteiger partial charge < -0.3 is 14.8 Å². The fraction of sp³-hybridized carbons (Fsp3) is 0.278. The molecule has 1 aliphatic rings. The SMILES string of the molecule is O=C(OCc1ccccc1)[C@H]1C[C@H](Oc2ccc(Br)cc2)CN1. The first-order valence-electron chi connectivity index (χ1n) is 7.57. The van der Waals surface area contributed by atoms with Crippen molar-refractivity contribution in [2.45, 2.75) is 25.2 Å². The van der Waals surface area contributed by atoms with Crippen molar-refractivity contribution < 1.29 is 14.3 Å². The Morgan fingerprint density at radius 3 is 2.61 bits per heavy atom. The molecule has 0 radical (unpaired) electrons. The maximum Gasteiger partial charge on any atom is 0.323 e. The number of hydrogen-bond acceptors (Lipinski definition) is 4. The molecule has 3 rings (SSSR count). The number of carbonyl (C=O) groups is 1. The highest BCUT2D eigenvalue weighted by atomic mass is 79.9. The zero-order valence-corrected chi connectivity index (χ0v) is 14.2. The lowest BCUT2D eigenvalue weighted by Crippen LogP contribution is -2.32. The third kappa shape index (κ3) is 4.56. The molecule has 120 valence electrons. The van der Waals surface area contributed by atoms with Crippen LogP contribution in [0.15, 0.2) is 59.1 Å². The molecule has 0 bridgehead atoms. The van der Waals surface area contributed by atoms with Gasteiger partial charge in [0, 0.05) is 17.4 Å². The molecule has 0 unspecified atom stereocenters. The Hall–Kier alpha value is -1.85. The number of ether oxygens (including phenoxy) is 2.